The molecule has 1 aromatic carbocycles. The molecular formula is C12H17FN2. The van der Waals surface area contributed by atoms with Gasteiger partial charge in [0.25, 0.3) is 0 Å². The number of nitrogens with one attached hydrogen (secondary N) is 2. The zero-order chi connectivity index (χ0) is 10.7. The second-order valence-corrected chi connectivity index (χ2v) is 4.13. The molecule has 0 amide bonds. The Balaban J connectivity index is 1.94. The molecular weight excluding hydrogens is 191 g/mol. The Morgan fingerprint density at radius 3 is 3.13 bits per heavy atom. The SMILES string of the molecule is Cc1ccc(F)cc1NCC1CCCN1. The van der Waals surface area contributed by atoms with E-state index in [1.807, 2.05) is 6.92 Å². The van der Waals surface area contributed by atoms with Crippen molar-refractivity contribution in [1.82, 2.24) is 5.32 Å². The largest absolute Gasteiger partial charge is 0.383 e. The van der Waals surface area contributed by atoms with Gasteiger partial charge in [-0.25, -0.2) is 4.39 Å². The van der Waals surface area contributed by atoms with Crippen LogP contribution in [0.1, 0.15) is 18.4 Å². The van der Waals surface area contributed by atoms with E-state index >= 15 is 0 Å². The van der Waals surface area contributed by atoms with Crippen molar-refractivity contribution in [3.8, 4) is 0 Å². The van der Waals surface area contributed by atoms with Gasteiger partial charge in [-0.2, -0.15) is 0 Å². The summed E-state index contributed by atoms with van der Waals surface area (Å²) in [6, 6.07) is 5.39. The first-order chi connectivity index (χ1) is 7.25. The lowest BCUT2D eigenvalue weighted by atomic mass is 10.1. The molecule has 1 heterocycles. The third-order valence-corrected chi connectivity index (χ3v) is 2.90. The van der Waals surface area contributed by atoms with Gasteiger partial charge in [-0.05, 0) is 44.0 Å². The lowest BCUT2D eigenvalue weighted by Gasteiger charge is -2.14. The molecule has 3 heteroatoms. The fourth-order valence-corrected chi connectivity index (χ4v) is 1.95. The molecule has 0 radical (unpaired) electrons. The minimum Gasteiger partial charge on any atom is -0.383 e. The standard InChI is InChI=1S/C12H17FN2/c1-9-4-5-10(13)7-12(9)15-8-11-3-2-6-14-11/h4-5,7,11,14-15H,2-3,6,8H2,1H3. The quantitative estimate of drug-likeness (QED) is 0.796. The monoisotopic (exact) mass is 208 g/mol. The maximum absolute atomic E-state index is 13.0. The average molecular weight is 208 g/mol. The predicted octanol–water partition coefficient (Wildman–Crippen LogP) is 2.30. The van der Waals surface area contributed by atoms with Gasteiger partial charge in [0.2, 0.25) is 0 Å². The molecule has 1 fully saturated rings. The number of rotatable bonds is 3. The Hall–Kier alpha value is -1.09. The van der Waals surface area contributed by atoms with Crippen LogP contribution in [0.15, 0.2) is 18.2 Å². The van der Waals surface area contributed by atoms with Crippen molar-refractivity contribution in [2.75, 3.05) is 18.4 Å². The summed E-state index contributed by atoms with van der Waals surface area (Å²) in [5.74, 6) is -0.178. The van der Waals surface area contributed by atoms with Gasteiger partial charge in [0.1, 0.15) is 5.82 Å². The van der Waals surface area contributed by atoms with E-state index in [0.717, 1.165) is 24.3 Å². The maximum Gasteiger partial charge on any atom is 0.125 e. The molecule has 2 nitrogen and oxygen atoms in total. The molecule has 1 aromatic rings. The number of anilines is 1. The van der Waals surface area contributed by atoms with E-state index in [1.165, 1.54) is 18.9 Å². The normalized spacial score (nSPS) is 20.5. The first kappa shape index (κ1) is 10.4. The van der Waals surface area contributed by atoms with E-state index in [1.54, 1.807) is 12.1 Å². The number of hydrogen-bond donors (Lipinski definition) is 2. The summed E-state index contributed by atoms with van der Waals surface area (Å²) in [4.78, 5) is 0. The third-order valence-electron chi connectivity index (χ3n) is 2.90. The molecule has 0 aromatic heterocycles. The van der Waals surface area contributed by atoms with Crippen molar-refractivity contribution in [1.29, 1.82) is 0 Å². The van der Waals surface area contributed by atoms with Gasteiger partial charge in [-0.15, -0.1) is 0 Å². The molecule has 2 N–H and O–H groups in total. The molecule has 82 valence electrons. The molecule has 1 unspecified atom stereocenters. The molecule has 0 saturated carbocycles. The van der Waals surface area contributed by atoms with Crippen LogP contribution in [-0.4, -0.2) is 19.1 Å². The van der Waals surface area contributed by atoms with Crippen molar-refractivity contribution in [2.45, 2.75) is 25.8 Å². The Bertz CT molecular complexity index is 332. The maximum atomic E-state index is 13.0. The van der Waals surface area contributed by atoms with Crippen LogP contribution in [0.3, 0.4) is 0 Å². The predicted molar refractivity (Wildman–Crippen MR) is 60.7 cm³/mol. The van der Waals surface area contributed by atoms with Gasteiger partial charge >= 0.3 is 0 Å². The van der Waals surface area contributed by atoms with Crippen LogP contribution in [0.25, 0.3) is 0 Å². The second kappa shape index (κ2) is 4.62. The fraction of sp³-hybridized carbons (Fsp3) is 0.500. The Morgan fingerprint density at radius 2 is 2.40 bits per heavy atom. The van der Waals surface area contributed by atoms with E-state index in [9.17, 15) is 4.39 Å². The van der Waals surface area contributed by atoms with Gasteiger partial charge in [-0.3, -0.25) is 0 Å². The van der Waals surface area contributed by atoms with Crippen LogP contribution in [0.4, 0.5) is 10.1 Å². The number of hydrogen-bond acceptors (Lipinski definition) is 2. The summed E-state index contributed by atoms with van der Waals surface area (Å²) in [5, 5.41) is 6.70. The summed E-state index contributed by atoms with van der Waals surface area (Å²) in [7, 11) is 0. The highest BCUT2D eigenvalue weighted by molar-refractivity contribution is 5.50. The molecule has 15 heavy (non-hydrogen) atoms. The van der Waals surface area contributed by atoms with Crippen molar-refractivity contribution >= 4 is 5.69 Å². The highest BCUT2D eigenvalue weighted by Crippen LogP contribution is 2.16. The van der Waals surface area contributed by atoms with Gasteiger partial charge < -0.3 is 10.6 Å². The molecule has 1 aliphatic heterocycles. The van der Waals surface area contributed by atoms with Crippen molar-refractivity contribution in [3.63, 3.8) is 0 Å². The average Bonchev–Trinajstić information content (AvgIpc) is 2.72. The molecule has 1 atom stereocenters. The molecule has 0 bridgehead atoms. The van der Waals surface area contributed by atoms with Crippen LogP contribution in [0, 0.1) is 12.7 Å². The van der Waals surface area contributed by atoms with Gasteiger partial charge in [0.05, 0.1) is 0 Å². The molecule has 1 saturated heterocycles. The molecule has 1 aliphatic rings. The number of benzene rings is 1. The minimum absolute atomic E-state index is 0.178. The van der Waals surface area contributed by atoms with E-state index in [0.29, 0.717) is 6.04 Å². The van der Waals surface area contributed by atoms with Crippen LogP contribution in [0.5, 0.6) is 0 Å². The zero-order valence-corrected chi connectivity index (χ0v) is 9.02. The highest BCUT2D eigenvalue weighted by atomic mass is 19.1. The van der Waals surface area contributed by atoms with Crippen LogP contribution in [0.2, 0.25) is 0 Å². The number of aryl methyl sites for hydroxylation is 1. The fourth-order valence-electron chi connectivity index (χ4n) is 1.95. The van der Waals surface area contributed by atoms with Crippen LogP contribution in [-0.2, 0) is 0 Å². The van der Waals surface area contributed by atoms with Crippen molar-refractivity contribution in [3.05, 3.63) is 29.6 Å². The molecule has 0 spiro atoms. The van der Waals surface area contributed by atoms with Gasteiger partial charge in [-0.1, -0.05) is 6.07 Å². The smallest absolute Gasteiger partial charge is 0.125 e. The summed E-state index contributed by atoms with van der Waals surface area (Å²) in [6.45, 7) is 3.97. The second-order valence-electron chi connectivity index (χ2n) is 4.13. The van der Waals surface area contributed by atoms with Crippen molar-refractivity contribution in [2.24, 2.45) is 0 Å². The summed E-state index contributed by atoms with van der Waals surface area (Å²) >= 11 is 0. The van der Waals surface area contributed by atoms with Gasteiger partial charge in [0.15, 0.2) is 0 Å². The minimum atomic E-state index is -0.178. The molecule has 2 rings (SSSR count). The summed E-state index contributed by atoms with van der Waals surface area (Å²) < 4.78 is 13.0. The summed E-state index contributed by atoms with van der Waals surface area (Å²) in [5.41, 5.74) is 2.00. The number of halogens is 1. The first-order valence-corrected chi connectivity index (χ1v) is 5.49. The van der Waals surface area contributed by atoms with E-state index in [-0.39, 0.29) is 5.82 Å². The van der Waals surface area contributed by atoms with Crippen LogP contribution >= 0.6 is 0 Å². The Labute approximate surface area is 89.9 Å². The zero-order valence-electron chi connectivity index (χ0n) is 9.02. The highest BCUT2D eigenvalue weighted by Gasteiger charge is 2.13. The van der Waals surface area contributed by atoms with Crippen LogP contribution < -0.4 is 10.6 Å². The Kier molecular flexibility index (Phi) is 3.21. The first-order valence-electron chi connectivity index (χ1n) is 5.49. The third kappa shape index (κ3) is 2.69. The van der Waals surface area contributed by atoms with Gasteiger partial charge in [0, 0.05) is 18.3 Å². The lowest BCUT2D eigenvalue weighted by molar-refractivity contribution is 0.623. The summed E-state index contributed by atoms with van der Waals surface area (Å²) in [6.07, 6.45) is 2.45. The topological polar surface area (TPSA) is 24.1 Å². The lowest BCUT2D eigenvalue weighted by Crippen LogP contribution is -2.29. The van der Waals surface area contributed by atoms with E-state index in [2.05, 4.69) is 10.6 Å². The van der Waals surface area contributed by atoms with E-state index < -0.39 is 0 Å². The molecule has 0 aliphatic carbocycles. The van der Waals surface area contributed by atoms with E-state index in [4.69, 9.17) is 0 Å². The van der Waals surface area contributed by atoms with Crippen molar-refractivity contribution < 1.29 is 4.39 Å². The Morgan fingerprint density at radius 1 is 1.53 bits per heavy atom.